The van der Waals surface area contributed by atoms with Crippen molar-refractivity contribution in [2.24, 2.45) is 0 Å². The van der Waals surface area contributed by atoms with E-state index in [-0.39, 0.29) is 11.3 Å². The molecule has 26 heavy (non-hydrogen) atoms. The molecule has 3 N–H and O–H groups in total. The van der Waals surface area contributed by atoms with Gasteiger partial charge >= 0.3 is 12.0 Å². The van der Waals surface area contributed by atoms with E-state index in [4.69, 9.17) is 11.6 Å². The molecule has 3 rings (SSSR count). The molecule has 0 spiro atoms. The third kappa shape index (κ3) is 4.20. The molecule has 3 aromatic carbocycles. The van der Waals surface area contributed by atoms with Gasteiger partial charge < -0.3 is 15.7 Å². The maximum Gasteiger partial charge on any atom is 0.337 e. The first-order valence-electron chi connectivity index (χ1n) is 7.79. The van der Waals surface area contributed by atoms with E-state index in [2.05, 4.69) is 10.6 Å². The van der Waals surface area contributed by atoms with Gasteiger partial charge in [-0.05, 0) is 41.5 Å². The molecule has 0 radical (unpaired) electrons. The molecule has 0 atom stereocenters. The standard InChI is InChI=1S/C20H15ClN2O3/c21-15-9-10-17(19(24)25)18(12-15)23-20(26)22-16-8-4-7-14(11-16)13-5-2-1-3-6-13/h1-12H,(H,24,25)(H2,22,23,26). The molecule has 0 aliphatic carbocycles. The first-order valence-corrected chi connectivity index (χ1v) is 8.17. The van der Waals surface area contributed by atoms with Crippen LogP contribution in [0.15, 0.2) is 72.8 Å². The number of carboxylic acids is 1. The number of rotatable bonds is 4. The second kappa shape index (κ2) is 7.72. The van der Waals surface area contributed by atoms with Crippen molar-refractivity contribution in [3.8, 4) is 11.1 Å². The number of aromatic carboxylic acids is 1. The summed E-state index contributed by atoms with van der Waals surface area (Å²) in [7, 11) is 0. The lowest BCUT2D eigenvalue weighted by Gasteiger charge is -2.11. The van der Waals surface area contributed by atoms with E-state index in [1.165, 1.54) is 18.2 Å². The Morgan fingerprint density at radius 3 is 2.27 bits per heavy atom. The van der Waals surface area contributed by atoms with Crippen molar-refractivity contribution in [3.05, 3.63) is 83.4 Å². The summed E-state index contributed by atoms with van der Waals surface area (Å²) < 4.78 is 0. The zero-order valence-electron chi connectivity index (χ0n) is 13.6. The third-order valence-electron chi connectivity index (χ3n) is 3.69. The van der Waals surface area contributed by atoms with Crippen LogP contribution in [0, 0.1) is 0 Å². The summed E-state index contributed by atoms with van der Waals surface area (Å²) in [5.41, 5.74) is 2.66. The van der Waals surface area contributed by atoms with Crippen LogP contribution in [0.1, 0.15) is 10.4 Å². The van der Waals surface area contributed by atoms with Crippen LogP contribution >= 0.6 is 11.6 Å². The van der Waals surface area contributed by atoms with Gasteiger partial charge in [0.25, 0.3) is 0 Å². The van der Waals surface area contributed by atoms with Crippen LogP contribution in [0.4, 0.5) is 16.2 Å². The average Bonchev–Trinajstić information content (AvgIpc) is 2.62. The van der Waals surface area contributed by atoms with Gasteiger partial charge in [-0.3, -0.25) is 0 Å². The highest BCUT2D eigenvalue weighted by molar-refractivity contribution is 6.31. The number of benzene rings is 3. The van der Waals surface area contributed by atoms with Crippen LogP contribution in [-0.2, 0) is 0 Å². The minimum atomic E-state index is -1.15. The molecule has 0 saturated heterocycles. The SMILES string of the molecule is O=C(Nc1cccc(-c2ccccc2)c1)Nc1cc(Cl)ccc1C(=O)O. The van der Waals surface area contributed by atoms with Crippen LogP contribution in [0.5, 0.6) is 0 Å². The van der Waals surface area contributed by atoms with Crippen molar-refractivity contribution in [2.75, 3.05) is 10.6 Å². The summed E-state index contributed by atoms with van der Waals surface area (Å²) in [5.74, 6) is -1.15. The molecule has 0 bridgehead atoms. The fourth-order valence-corrected chi connectivity index (χ4v) is 2.67. The minimum absolute atomic E-state index is 0.0393. The quantitative estimate of drug-likeness (QED) is 0.582. The number of carbonyl (C=O) groups is 2. The van der Waals surface area contributed by atoms with E-state index in [9.17, 15) is 14.7 Å². The first-order chi connectivity index (χ1) is 12.5. The van der Waals surface area contributed by atoms with E-state index >= 15 is 0 Å². The topological polar surface area (TPSA) is 78.4 Å². The molecule has 0 fully saturated rings. The van der Waals surface area contributed by atoms with Crippen LogP contribution < -0.4 is 10.6 Å². The van der Waals surface area contributed by atoms with E-state index < -0.39 is 12.0 Å². The van der Waals surface area contributed by atoms with Crippen molar-refractivity contribution in [1.29, 1.82) is 0 Å². The smallest absolute Gasteiger partial charge is 0.337 e. The maximum atomic E-state index is 12.3. The normalized spacial score (nSPS) is 10.2. The number of carbonyl (C=O) groups excluding carboxylic acids is 1. The molecule has 0 aliphatic rings. The number of urea groups is 1. The van der Waals surface area contributed by atoms with Crippen LogP contribution in [0.3, 0.4) is 0 Å². The number of hydrogen-bond acceptors (Lipinski definition) is 2. The summed E-state index contributed by atoms with van der Waals surface area (Å²) in [5, 5.41) is 14.8. The van der Waals surface area contributed by atoms with E-state index in [0.29, 0.717) is 10.7 Å². The Morgan fingerprint density at radius 1 is 0.808 bits per heavy atom. The van der Waals surface area contributed by atoms with Gasteiger partial charge in [0.15, 0.2) is 0 Å². The lowest BCUT2D eigenvalue weighted by molar-refractivity contribution is 0.0698. The number of carboxylic acid groups (broad SMARTS) is 1. The van der Waals surface area contributed by atoms with Gasteiger partial charge in [0, 0.05) is 10.7 Å². The van der Waals surface area contributed by atoms with Crippen molar-refractivity contribution in [3.63, 3.8) is 0 Å². The largest absolute Gasteiger partial charge is 0.478 e. The molecular formula is C20H15ClN2O3. The summed E-state index contributed by atoms with van der Waals surface area (Å²) in [4.78, 5) is 23.5. The highest BCUT2D eigenvalue weighted by Crippen LogP contribution is 2.24. The zero-order chi connectivity index (χ0) is 18.5. The van der Waals surface area contributed by atoms with Gasteiger partial charge in [-0.25, -0.2) is 9.59 Å². The molecule has 130 valence electrons. The number of halogens is 1. The van der Waals surface area contributed by atoms with Crippen molar-refractivity contribution in [1.82, 2.24) is 0 Å². The molecule has 3 aromatic rings. The highest BCUT2D eigenvalue weighted by atomic mass is 35.5. The molecule has 0 saturated carbocycles. The Bertz CT molecular complexity index is 958. The number of hydrogen-bond donors (Lipinski definition) is 3. The molecule has 2 amide bonds. The minimum Gasteiger partial charge on any atom is -0.478 e. The summed E-state index contributed by atoms with van der Waals surface area (Å²) in [6, 6.07) is 20.8. The Labute approximate surface area is 155 Å². The number of amides is 2. The van der Waals surface area contributed by atoms with E-state index in [1.807, 2.05) is 48.5 Å². The predicted molar refractivity (Wildman–Crippen MR) is 103 cm³/mol. The molecular weight excluding hydrogens is 352 g/mol. The lowest BCUT2D eigenvalue weighted by atomic mass is 10.1. The van der Waals surface area contributed by atoms with Gasteiger partial charge in [0.05, 0.1) is 11.3 Å². The first kappa shape index (κ1) is 17.5. The van der Waals surface area contributed by atoms with Crippen molar-refractivity contribution in [2.45, 2.75) is 0 Å². The molecule has 0 unspecified atom stereocenters. The second-order valence-electron chi connectivity index (χ2n) is 5.52. The molecule has 0 aromatic heterocycles. The second-order valence-corrected chi connectivity index (χ2v) is 5.96. The highest BCUT2D eigenvalue weighted by Gasteiger charge is 2.13. The van der Waals surface area contributed by atoms with Gasteiger partial charge in [-0.1, -0.05) is 54.1 Å². The van der Waals surface area contributed by atoms with Crippen LogP contribution in [0.25, 0.3) is 11.1 Å². The molecule has 0 aliphatic heterocycles. The molecule has 0 heterocycles. The monoisotopic (exact) mass is 366 g/mol. The third-order valence-corrected chi connectivity index (χ3v) is 3.92. The average molecular weight is 367 g/mol. The van der Waals surface area contributed by atoms with Gasteiger partial charge in [-0.2, -0.15) is 0 Å². The van der Waals surface area contributed by atoms with Crippen LogP contribution in [-0.4, -0.2) is 17.1 Å². The Morgan fingerprint density at radius 2 is 1.54 bits per heavy atom. The number of anilines is 2. The zero-order valence-corrected chi connectivity index (χ0v) is 14.3. The number of nitrogens with one attached hydrogen (secondary N) is 2. The van der Waals surface area contributed by atoms with Gasteiger partial charge in [0.1, 0.15) is 0 Å². The van der Waals surface area contributed by atoms with Crippen molar-refractivity contribution < 1.29 is 14.7 Å². The summed E-state index contributed by atoms with van der Waals surface area (Å²) in [6.45, 7) is 0. The summed E-state index contributed by atoms with van der Waals surface area (Å²) >= 11 is 5.89. The van der Waals surface area contributed by atoms with Gasteiger partial charge in [0.2, 0.25) is 0 Å². The fraction of sp³-hybridized carbons (Fsp3) is 0. The Kier molecular flexibility index (Phi) is 5.20. The van der Waals surface area contributed by atoms with E-state index in [0.717, 1.165) is 11.1 Å². The Hall–Kier alpha value is -3.31. The lowest BCUT2D eigenvalue weighted by Crippen LogP contribution is -2.21. The molecule has 5 nitrogen and oxygen atoms in total. The Balaban J connectivity index is 1.77. The summed E-state index contributed by atoms with van der Waals surface area (Å²) in [6.07, 6.45) is 0. The predicted octanol–water partition coefficient (Wildman–Crippen LogP) is 5.35. The van der Waals surface area contributed by atoms with Gasteiger partial charge in [-0.15, -0.1) is 0 Å². The fourth-order valence-electron chi connectivity index (χ4n) is 2.50. The maximum absolute atomic E-state index is 12.3. The van der Waals surface area contributed by atoms with Crippen molar-refractivity contribution >= 4 is 35.0 Å². The van der Waals surface area contributed by atoms with Crippen LogP contribution in [0.2, 0.25) is 5.02 Å². The molecule has 6 heteroatoms. The van der Waals surface area contributed by atoms with E-state index in [1.54, 1.807) is 6.07 Å².